The van der Waals surface area contributed by atoms with Gasteiger partial charge in [-0.1, -0.05) is 62.3 Å². The third kappa shape index (κ3) is 6.47. The fourth-order valence-electron chi connectivity index (χ4n) is 3.00. The van der Waals surface area contributed by atoms with Gasteiger partial charge in [-0.25, -0.2) is 0 Å². The smallest absolute Gasteiger partial charge is 0.208 e. The molecular formula is C20H44O4P2. The van der Waals surface area contributed by atoms with Crippen LogP contribution in [0, 0.1) is 0 Å². The Morgan fingerprint density at radius 3 is 1.27 bits per heavy atom. The first kappa shape index (κ1) is 26.4. The third-order valence-corrected chi connectivity index (χ3v) is 13.6. The van der Waals surface area contributed by atoms with Crippen molar-refractivity contribution in [3.05, 3.63) is 0 Å². The summed E-state index contributed by atoms with van der Waals surface area (Å²) in [6.07, 6.45) is 3.76. The van der Waals surface area contributed by atoms with Gasteiger partial charge in [-0.15, -0.1) is 0 Å². The van der Waals surface area contributed by atoms with Gasteiger partial charge in [-0.3, -0.25) is 9.13 Å². The van der Waals surface area contributed by atoms with Crippen LogP contribution in [-0.2, 0) is 18.2 Å². The molecule has 0 aliphatic heterocycles. The van der Waals surface area contributed by atoms with Crippen molar-refractivity contribution in [1.29, 1.82) is 0 Å². The van der Waals surface area contributed by atoms with Crippen molar-refractivity contribution < 1.29 is 18.2 Å². The Hall–Kier alpha value is 0.380. The quantitative estimate of drug-likeness (QED) is 0.277. The fourth-order valence-corrected chi connectivity index (χ4v) is 8.78. The van der Waals surface area contributed by atoms with Crippen molar-refractivity contribution in [2.75, 3.05) is 6.61 Å². The summed E-state index contributed by atoms with van der Waals surface area (Å²) >= 11 is 0. The van der Waals surface area contributed by atoms with Gasteiger partial charge in [0, 0.05) is 22.6 Å². The van der Waals surface area contributed by atoms with Crippen LogP contribution in [0.1, 0.15) is 94.4 Å². The summed E-state index contributed by atoms with van der Waals surface area (Å²) in [6.45, 7) is 18.6. The Morgan fingerprint density at radius 1 is 0.615 bits per heavy atom. The van der Waals surface area contributed by atoms with Crippen LogP contribution >= 0.6 is 14.7 Å². The molecule has 158 valence electrons. The van der Waals surface area contributed by atoms with Gasteiger partial charge < -0.3 is 9.05 Å². The van der Waals surface area contributed by atoms with Crippen molar-refractivity contribution in [2.24, 2.45) is 0 Å². The molecule has 6 heteroatoms. The highest BCUT2D eigenvalue weighted by molar-refractivity contribution is 7.60. The number of hydrogen-bond acceptors (Lipinski definition) is 4. The van der Waals surface area contributed by atoms with E-state index < -0.39 is 14.7 Å². The van der Waals surface area contributed by atoms with Gasteiger partial charge in [0.25, 0.3) is 0 Å². The van der Waals surface area contributed by atoms with E-state index >= 15 is 0 Å². The lowest BCUT2D eigenvalue weighted by Gasteiger charge is -2.34. The monoisotopic (exact) mass is 410 g/mol. The summed E-state index contributed by atoms with van der Waals surface area (Å²) in [4.78, 5) is 0. The average Bonchev–Trinajstić information content (AvgIpc) is 2.67. The van der Waals surface area contributed by atoms with E-state index in [1.54, 1.807) is 0 Å². The van der Waals surface area contributed by atoms with Crippen LogP contribution in [0.4, 0.5) is 0 Å². The molecule has 26 heavy (non-hydrogen) atoms. The Balaban J connectivity index is 5.35. The molecule has 0 aliphatic carbocycles. The van der Waals surface area contributed by atoms with E-state index in [4.69, 9.17) is 9.05 Å². The van der Waals surface area contributed by atoms with E-state index in [0.29, 0.717) is 6.42 Å². The minimum Gasteiger partial charge on any atom is -0.325 e. The summed E-state index contributed by atoms with van der Waals surface area (Å²) in [6, 6.07) is 0. The van der Waals surface area contributed by atoms with Gasteiger partial charge in [-0.05, 0) is 32.1 Å². The topological polar surface area (TPSA) is 52.6 Å². The second-order valence-corrected chi connectivity index (χ2v) is 14.3. The summed E-state index contributed by atoms with van der Waals surface area (Å²) in [5, 5.41) is 0. The predicted molar refractivity (Wildman–Crippen MR) is 115 cm³/mol. The molecule has 0 aromatic heterocycles. The number of rotatable bonds is 14. The van der Waals surface area contributed by atoms with Crippen LogP contribution < -0.4 is 0 Å². The zero-order valence-corrected chi connectivity index (χ0v) is 20.4. The first-order valence-corrected chi connectivity index (χ1v) is 14.1. The van der Waals surface area contributed by atoms with Crippen LogP contribution in [0.2, 0.25) is 0 Å². The molecular weight excluding hydrogens is 366 g/mol. The van der Waals surface area contributed by atoms with E-state index in [9.17, 15) is 9.13 Å². The molecule has 0 saturated heterocycles. The van der Waals surface area contributed by atoms with E-state index in [0.717, 1.165) is 25.7 Å². The zero-order chi connectivity index (χ0) is 20.5. The molecule has 0 saturated carbocycles. The van der Waals surface area contributed by atoms with Gasteiger partial charge in [0.1, 0.15) is 0 Å². The maximum absolute atomic E-state index is 13.6. The minimum absolute atomic E-state index is 0.0300. The van der Waals surface area contributed by atoms with E-state index in [2.05, 4.69) is 27.7 Å². The van der Waals surface area contributed by atoms with Crippen LogP contribution in [0.3, 0.4) is 0 Å². The van der Waals surface area contributed by atoms with Crippen LogP contribution in [0.5, 0.6) is 0 Å². The summed E-state index contributed by atoms with van der Waals surface area (Å²) in [7, 11) is -5.55. The normalized spacial score (nSPS) is 22.7. The van der Waals surface area contributed by atoms with Crippen molar-refractivity contribution in [2.45, 2.75) is 123 Å². The highest BCUT2D eigenvalue weighted by atomic mass is 31.2. The second-order valence-electron chi connectivity index (χ2n) is 7.75. The molecule has 0 amide bonds. The van der Waals surface area contributed by atoms with Crippen molar-refractivity contribution in [3.63, 3.8) is 0 Å². The molecule has 4 nitrogen and oxygen atoms in total. The molecule has 0 N–H and O–H groups in total. The molecule has 0 heterocycles. The highest BCUT2D eigenvalue weighted by Crippen LogP contribution is 2.61. The molecule has 0 aromatic carbocycles. The third-order valence-electron chi connectivity index (χ3n) is 6.05. The van der Waals surface area contributed by atoms with Gasteiger partial charge in [-0.2, -0.15) is 0 Å². The molecule has 0 bridgehead atoms. The van der Waals surface area contributed by atoms with E-state index in [-0.39, 0.29) is 35.3 Å². The first-order chi connectivity index (χ1) is 12.1. The lowest BCUT2D eigenvalue weighted by molar-refractivity contribution is 0.122. The largest absolute Gasteiger partial charge is 0.325 e. The molecule has 0 rings (SSSR count). The Morgan fingerprint density at radius 2 is 0.962 bits per heavy atom. The average molecular weight is 411 g/mol. The Labute approximate surface area is 163 Å². The second kappa shape index (κ2) is 12.1. The SMILES string of the molecule is CCC(COP(=O)(C(C)CC)C(C)CC)OP(=O)(C(C)CC)C(C)CC. The van der Waals surface area contributed by atoms with E-state index in [1.807, 2.05) is 34.6 Å². The molecule has 0 spiro atoms. The zero-order valence-electron chi connectivity index (χ0n) is 18.7. The summed E-state index contributed by atoms with van der Waals surface area (Å²) < 4.78 is 39.4. The van der Waals surface area contributed by atoms with Gasteiger partial charge in [0.2, 0.25) is 14.7 Å². The Kier molecular flexibility index (Phi) is 12.2. The van der Waals surface area contributed by atoms with Gasteiger partial charge in [0.15, 0.2) is 0 Å². The maximum atomic E-state index is 13.6. The van der Waals surface area contributed by atoms with Crippen LogP contribution in [0.15, 0.2) is 0 Å². The number of hydrogen-bond donors (Lipinski definition) is 0. The van der Waals surface area contributed by atoms with Crippen LogP contribution in [0.25, 0.3) is 0 Å². The maximum Gasteiger partial charge on any atom is 0.208 e. The lowest BCUT2D eigenvalue weighted by Crippen LogP contribution is -2.26. The highest BCUT2D eigenvalue weighted by Gasteiger charge is 2.39. The summed E-state index contributed by atoms with van der Waals surface area (Å²) in [5.74, 6) is 0. The first-order valence-electron chi connectivity index (χ1n) is 10.6. The van der Waals surface area contributed by atoms with Crippen molar-refractivity contribution in [3.8, 4) is 0 Å². The lowest BCUT2D eigenvalue weighted by atomic mass is 10.3. The molecule has 0 aromatic rings. The molecule has 5 unspecified atom stereocenters. The molecule has 5 atom stereocenters. The van der Waals surface area contributed by atoms with Crippen LogP contribution in [-0.4, -0.2) is 35.3 Å². The Bertz CT molecular complexity index is 452. The van der Waals surface area contributed by atoms with Gasteiger partial charge >= 0.3 is 0 Å². The standard InChI is InChI=1S/C20H44O4P2/c1-10-16(6)25(21,17(7)11-2)23-15-20(14-5)24-26(22,18(8)12-3)19(9)13-4/h16-20H,10-15H2,1-9H3. The summed E-state index contributed by atoms with van der Waals surface area (Å²) in [5.41, 5.74) is 0.127. The van der Waals surface area contributed by atoms with Crippen molar-refractivity contribution >= 4 is 14.7 Å². The van der Waals surface area contributed by atoms with Gasteiger partial charge in [0.05, 0.1) is 12.7 Å². The molecule has 0 fully saturated rings. The predicted octanol–water partition coefficient (Wildman–Crippen LogP) is 7.55. The molecule has 0 radical (unpaired) electrons. The van der Waals surface area contributed by atoms with E-state index in [1.165, 1.54) is 0 Å². The molecule has 0 aliphatic rings. The minimum atomic E-state index is -2.79. The fraction of sp³-hybridized carbons (Fsp3) is 1.00. The van der Waals surface area contributed by atoms with Crippen molar-refractivity contribution in [1.82, 2.24) is 0 Å².